The van der Waals surface area contributed by atoms with Crippen molar-refractivity contribution < 1.29 is 9.59 Å². The Morgan fingerprint density at radius 3 is 2.43 bits per heavy atom. The van der Waals surface area contributed by atoms with Crippen molar-refractivity contribution in [3.63, 3.8) is 0 Å². The van der Waals surface area contributed by atoms with Gasteiger partial charge in [-0.05, 0) is 54.6 Å². The molecule has 1 aliphatic heterocycles. The second-order valence-corrected chi connectivity index (χ2v) is 7.01. The first-order valence-corrected chi connectivity index (χ1v) is 8.41. The predicted molar refractivity (Wildman–Crippen MR) is 95.5 cm³/mol. The Labute approximate surface area is 147 Å². The molecule has 0 aliphatic carbocycles. The molecule has 1 saturated heterocycles. The number of carbonyl (C=O) groups is 2. The molecule has 1 heterocycles. The molecule has 0 bridgehead atoms. The minimum absolute atomic E-state index is 0.314. The summed E-state index contributed by atoms with van der Waals surface area (Å²) < 4.78 is 0. The van der Waals surface area contributed by atoms with Crippen molar-refractivity contribution in [2.24, 2.45) is 0 Å². The minimum Gasteiger partial charge on any atom is -0.365 e. The maximum Gasteiger partial charge on any atom is 0.295 e. The topological polar surface area (TPSA) is 49.4 Å². The molecule has 118 valence electrons. The summed E-state index contributed by atoms with van der Waals surface area (Å²) in [6, 6.07) is 12.2. The highest BCUT2D eigenvalue weighted by Crippen LogP contribution is 2.33. The van der Waals surface area contributed by atoms with Crippen molar-refractivity contribution in [1.29, 1.82) is 0 Å². The molecule has 1 unspecified atom stereocenters. The Morgan fingerprint density at radius 2 is 1.78 bits per heavy atom. The molecule has 2 aromatic carbocycles. The lowest BCUT2D eigenvalue weighted by Crippen LogP contribution is -2.34. The van der Waals surface area contributed by atoms with E-state index in [2.05, 4.69) is 5.32 Å². The van der Waals surface area contributed by atoms with Gasteiger partial charge in [0.15, 0.2) is 5.37 Å². The Bertz CT molecular complexity index is 777. The van der Waals surface area contributed by atoms with E-state index in [0.29, 0.717) is 21.4 Å². The quantitative estimate of drug-likeness (QED) is 0.835. The summed E-state index contributed by atoms with van der Waals surface area (Å²) in [5.41, 5.74) is 2.14. The number of amides is 2. The van der Waals surface area contributed by atoms with Crippen LogP contribution in [-0.2, 0) is 4.79 Å². The third kappa shape index (κ3) is 3.47. The fourth-order valence-corrected chi connectivity index (χ4v) is 3.72. The smallest absolute Gasteiger partial charge is 0.295 e. The lowest BCUT2D eigenvalue weighted by Gasteiger charge is -2.15. The summed E-state index contributed by atoms with van der Waals surface area (Å²) in [6.07, 6.45) is 0. The molecule has 2 amide bonds. The van der Waals surface area contributed by atoms with Crippen LogP contribution in [-0.4, -0.2) is 16.5 Å². The Morgan fingerprint density at radius 1 is 1.09 bits per heavy atom. The van der Waals surface area contributed by atoms with Gasteiger partial charge in [-0.15, -0.1) is 0 Å². The largest absolute Gasteiger partial charge is 0.365 e. The van der Waals surface area contributed by atoms with Crippen LogP contribution in [0.3, 0.4) is 0 Å². The van der Waals surface area contributed by atoms with E-state index >= 15 is 0 Å². The summed E-state index contributed by atoms with van der Waals surface area (Å²) in [5.74, 6) is -0.318. The van der Waals surface area contributed by atoms with E-state index in [1.807, 2.05) is 19.1 Å². The number of rotatable bonds is 3. The first-order chi connectivity index (χ1) is 10.9. The highest BCUT2D eigenvalue weighted by Gasteiger charge is 2.40. The van der Waals surface area contributed by atoms with Gasteiger partial charge in [0, 0.05) is 15.7 Å². The van der Waals surface area contributed by atoms with Crippen LogP contribution >= 0.6 is 35.0 Å². The second kappa shape index (κ2) is 6.43. The van der Waals surface area contributed by atoms with Gasteiger partial charge in [0.05, 0.1) is 5.69 Å². The SMILES string of the molecule is Cc1cccc(N2C(=O)SC(Nc3cc(Cl)cc(Cl)c3)C2=O)c1. The van der Waals surface area contributed by atoms with Crippen molar-refractivity contribution in [2.75, 3.05) is 10.2 Å². The van der Waals surface area contributed by atoms with Crippen LogP contribution in [0.5, 0.6) is 0 Å². The van der Waals surface area contributed by atoms with Crippen molar-refractivity contribution in [1.82, 2.24) is 0 Å². The zero-order chi connectivity index (χ0) is 16.6. The Hall–Kier alpha value is -1.69. The number of carbonyl (C=O) groups excluding carboxylic acids is 2. The number of benzene rings is 2. The van der Waals surface area contributed by atoms with Gasteiger partial charge >= 0.3 is 0 Å². The van der Waals surface area contributed by atoms with Crippen LogP contribution in [0.15, 0.2) is 42.5 Å². The molecule has 1 atom stereocenters. The average molecular weight is 367 g/mol. The third-order valence-electron chi connectivity index (χ3n) is 3.27. The number of anilines is 2. The number of halogens is 2. The molecule has 23 heavy (non-hydrogen) atoms. The molecule has 2 aromatic rings. The highest BCUT2D eigenvalue weighted by atomic mass is 35.5. The molecule has 3 rings (SSSR count). The van der Waals surface area contributed by atoms with Crippen LogP contribution in [0.1, 0.15) is 5.56 Å². The molecule has 7 heteroatoms. The summed E-state index contributed by atoms with van der Waals surface area (Å²) in [7, 11) is 0. The maximum absolute atomic E-state index is 12.6. The molecule has 1 fully saturated rings. The first kappa shape index (κ1) is 16.2. The maximum atomic E-state index is 12.6. The normalized spacial score (nSPS) is 17.7. The van der Waals surface area contributed by atoms with Crippen molar-refractivity contribution in [3.8, 4) is 0 Å². The van der Waals surface area contributed by atoms with Gasteiger partial charge < -0.3 is 5.32 Å². The van der Waals surface area contributed by atoms with Crippen molar-refractivity contribution >= 4 is 57.5 Å². The molecular weight excluding hydrogens is 355 g/mol. The fraction of sp³-hybridized carbons (Fsp3) is 0.125. The molecule has 1 N–H and O–H groups in total. The monoisotopic (exact) mass is 366 g/mol. The van der Waals surface area contributed by atoms with E-state index in [1.165, 1.54) is 4.90 Å². The van der Waals surface area contributed by atoms with Gasteiger partial charge in [-0.3, -0.25) is 9.59 Å². The molecule has 0 radical (unpaired) electrons. The predicted octanol–water partition coefficient (Wildman–Crippen LogP) is 4.94. The van der Waals surface area contributed by atoms with Crippen LogP contribution in [0.2, 0.25) is 10.0 Å². The number of aryl methyl sites for hydroxylation is 1. The van der Waals surface area contributed by atoms with Gasteiger partial charge in [0.1, 0.15) is 0 Å². The van der Waals surface area contributed by atoms with Crippen LogP contribution in [0.4, 0.5) is 16.2 Å². The van der Waals surface area contributed by atoms with E-state index in [9.17, 15) is 9.59 Å². The molecule has 0 saturated carbocycles. The fourth-order valence-electron chi connectivity index (χ4n) is 2.29. The number of hydrogen-bond acceptors (Lipinski definition) is 4. The molecule has 0 spiro atoms. The lowest BCUT2D eigenvalue weighted by atomic mass is 10.2. The minimum atomic E-state index is -0.711. The summed E-state index contributed by atoms with van der Waals surface area (Å²) in [5, 5.41) is 2.89. The van der Waals surface area contributed by atoms with Gasteiger partial charge in [0.2, 0.25) is 0 Å². The van der Waals surface area contributed by atoms with E-state index in [4.69, 9.17) is 23.2 Å². The van der Waals surface area contributed by atoms with Gasteiger partial charge in [0.25, 0.3) is 11.1 Å². The zero-order valence-corrected chi connectivity index (χ0v) is 14.4. The summed E-state index contributed by atoms with van der Waals surface area (Å²) in [4.78, 5) is 25.9. The van der Waals surface area contributed by atoms with E-state index in [0.717, 1.165) is 17.3 Å². The van der Waals surface area contributed by atoms with E-state index in [-0.39, 0.29) is 11.1 Å². The van der Waals surface area contributed by atoms with Gasteiger partial charge in [-0.25, -0.2) is 4.90 Å². The summed E-state index contributed by atoms with van der Waals surface area (Å²) in [6.45, 7) is 1.91. The molecule has 4 nitrogen and oxygen atoms in total. The number of nitrogens with one attached hydrogen (secondary N) is 1. The number of imide groups is 1. The average Bonchev–Trinajstić information content (AvgIpc) is 2.72. The first-order valence-electron chi connectivity index (χ1n) is 6.78. The third-order valence-corrected chi connectivity index (χ3v) is 4.64. The lowest BCUT2D eigenvalue weighted by molar-refractivity contribution is -0.116. The number of thioether (sulfide) groups is 1. The van der Waals surface area contributed by atoms with Crippen molar-refractivity contribution in [2.45, 2.75) is 12.3 Å². The highest BCUT2D eigenvalue weighted by molar-refractivity contribution is 8.16. The van der Waals surface area contributed by atoms with Gasteiger partial charge in [-0.2, -0.15) is 0 Å². The standard InChI is InChI=1S/C16H12Cl2N2O2S/c1-9-3-2-4-13(5-9)20-15(21)14(23-16(20)22)19-12-7-10(17)6-11(18)8-12/h2-8,14,19H,1H3. The van der Waals surface area contributed by atoms with Crippen LogP contribution < -0.4 is 10.2 Å². The van der Waals surface area contributed by atoms with Crippen LogP contribution in [0, 0.1) is 6.92 Å². The van der Waals surface area contributed by atoms with E-state index in [1.54, 1.807) is 30.3 Å². The van der Waals surface area contributed by atoms with Crippen molar-refractivity contribution in [3.05, 3.63) is 58.1 Å². The summed E-state index contributed by atoms with van der Waals surface area (Å²) >= 11 is 12.8. The van der Waals surface area contributed by atoms with E-state index < -0.39 is 5.37 Å². The second-order valence-electron chi connectivity index (χ2n) is 5.08. The number of nitrogens with zero attached hydrogens (tertiary/aromatic N) is 1. The Kier molecular flexibility index (Phi) is 4.53. The zero-order valence-electron chi connectivity index (χ0n) is 12.0. The Balaban J connectivity index is 1.83. The van der Waals surface area contributed by atoms with Gasteiger partial charge in [-0.1, -0.05) is 35.3 Å². The molecule has 1 aliphatic rings. The molecule has 0 aromatic heterocycles. The number of hydrogen-bond donors (Lipinski definition) is 1. The molecular formula is C16H12Cl2N2O2S. The van der Waals surface area contributed by atoms with Crippen LogP contribution in [0.25, 0.3) is 0 Å².